The Morgan fingerprint density at radius 2 is 0.621 bits per heavy atom. The number of aromatic nitrogens is 6. The third-order valence-corrected chi connectivity index (χ3v) is 10.4. The van der Waals surface area contributed by atoms with Gasteiger partial charge < -0.3 is 0 Å². The number of aryl methyl sites for hydroxylation is 1. The van der Waals surface area contributed by atoms with Gasteiger partial charge in [0.05, 0.1) is 0 Å². The molecule has 0 aliphatic carbocycles. The van der Waals surface area contributed by atoms with Crippen LogP contribution in [0.4, 0.5) is 0 Å². The summed E-state index contributed by atoms with van der Waals surface area (Å²) in [4.78, 5) is 30.1. The molecule has 0 amide bonds. The smallest absolute Gasteiger partial charge is 0.164 e. The minimum absolute atomic E-state index is 0.624. The van der Waals surface area contributed by atoms with Crippen LogP contribution in [0.25, 0.3) is 89.9 Å². The molecule has 0 N–H and O–H groups in total. The van der Waals surface area contributed by atoms with Crippen LogP contribution >= 0.6 is 0 Å². The summed E-state index contributed by atoms with van der Waals surface area (Å²) in [5.41, 5.74) is 9.08. The predicted molar refractivity (Wildman–Crippen MR) is 235 cm³/mol. The summed E-state index contributed by atoms with van der Waals surface area (Å²) in [6.07, 6.45) is 0.698. The lowest BCUT2D eigenvalue weighted by molar-refractivity contribution is 1.07. The second-order valence-corrected chi connectivity index (χ2v) is 14.5. The molecular formula is C52H36N6. The lowest BCUT2D eigenvalue weighted by atomic mass is 10.0. The summed E-state index contributed by atoms with van der Waals surface area (Å²) in [5.74, 6) is 3.81. The van der Waals surface area contributed by atoms with E-state index in [0.717, 1.165) is 55.3 Å². The van der Waals surface area contributed by atoms with E-state index >= 15 is 0 Å². The van der Waals surface area contributed by atoms with Gasteiger partial charge in [-0.2, -0.15) is 0 Å². The van der Waals surface area contributed by atoms with E-state index < -0.39 is 0 Å². The van der Waals surface area contributed by atoms with Crippen LogP contribution in [0.5, 0.6) is 0 Å². The topological polar surface area (TPSA) is 77.3 Å². The monoisotopic (exact) mass is 744 g/mol. The van der Waals surface area contributed by atoms with Crippen molar-refractivity contribution in [1.29, 1.82) is 0 Å². The zero-order valence-electron chi connectivity index (χ0n) is 31.8. The summed E-state index contributed by atoms with van der Waals surface area (Å²) in [5, 5.41) is 4.62. The van der Waals surface area contributed by atoms with Crippen LogP contribution < -0.4 is 0 Å². The van der Waals surface area contributed by atoms with Crippen LogP contribution in [0.1, 0.15) is 16.7 Å². The lowest BCUT2D eigenvalue weighted by Crippen LogP contribution is -2.01. The predicted octanol–water partition coefficient (Wildman–Crippen LogP) is 12.3. The molecule has 0 radical (unpaired) electrons. The van der Waals surface area contributed by atoms with Gasteiger partial charge in [-0.3, -0.25) is 0 Å². The lowest BCUT2D eigenvalue weighted by Gasteiger charge is -2.11. The maximum absolute atomic E-state index is 5.10. The molecule has 0 atom stereocenters. The van der Waals surface area contributed by atoms with Crippen molar-refractivity contribution in [3.63, 3.8) is 0 Å². The quantitative estimate of drug-likeness (QED) is 0.154. The van der Waals surface area contributed by atoms with E-state index in [2.05, 4.69) is 165 Å². The number of hydrogen-bond acceptors (Lipinski definition) is 6. The van der Waals surface area contributed by atoms with E-state index in [4.69, 9.17) is 29.9 Å². The van der Waals surface area contributed by atoms with Gasteiger partial charge in [0.1, 0.15) is 0 Å². The third-order valence-electron chi connectivity index (χ3n) is 10.4. The van der Waals surface area contributed by atoms with E-state index in [1.807, 2.05) is 30.3 Å². The minimum Gasteiger partial charge on any atom is -0.208 e. The van der Waals surface area contributed by atoms with Gasteiger partial charge in [0, 0.05) is 33.4 Å². The zero-order chi connectivity index (χ0) is 38.8. The van der Waals surface area contributed by atoms with E-state index in [1.165, 1.54) is 16.3 Å². The highest BCUT2D eigenvalue weighted by Crippen LogP contribution is 2.30. The largest absolute Gasteiger partial charge is 0.208 e. The standard InChI is InChI=1S/C52H36N6/c1-34-21-23-40(24-22-34)48-53-47(39-15-3-2-4-16-39)54-49(55-48)43-19-9-11-35(30-43)29-36-12-10-20-44(31-36)50-56-51(45-27-25-37-13-5-7-17-41(37)32-45)58-52(57-50)46-28-26-38-14-6-8-18-42(38)33-46/h2-28,30-33H,29H2,1H3. The molecule has 0 saturated carbocycles. The first-order chi connectivity index (χ1) is 28.6. The first kappa shape index (κ1) is 34.8. The van der Waals surface area contributed by atoms with Crippen molar-refractivity contribution in [2.24, 2.45) is 0 Å². The Bertz CT molecular complexity index is 3010. The Kier molecular flexibility index (Phi) is 9.05. The molecule has 58 heavy (non-hydrogen) atoms. The molecular weight excluding hydrogens is 709 g/mol. The molecule has 2 aromatic heterocycles. The number of hydrogen-bond donors (Lipinski definition) is 0. The molecule has 8 aromatic carbocycles. The van der Waals surface area contributed by atoms with Gasteiger partial charge in [-0.15, -0.1) is 0 Å². The van der Waals surface area contributed by atoms with Crippen molar-refractivity contribution in [3.05, 3.63) is 205 Å². The number of nitrogens with zero attached hydrogens (tertiary/aromatic N) is 6. The average Bonchev–Trinajstić information content (AvgIpc) is 3.29. The second kappa shape index (κ2) is 15.1. The highest BCUT2D eigenvalue weighted by Gasteiger charge is 2.16. The van der Waals surface area contributed by atoms with Crippen molar-refractivity contribution in [2.45, 2.75) is 13.3 Å². The fourth-order valence-corrected chi connectivity index (χ4v) is 7.35. The molecule has 0 fully saturated rings. The summed E-state index contributed by atoms with van der Waals surface area (Å²) < 4.78 is 0. The van der Waals surface area contributed by atoms with Crippen molar-refractivity contribution in [1.82, 2.24) is 29.9 Å². The number of benzene rings is 8. The molecule has 0 saturated heterocycles. The number of rotatable bonds is 8. The van der Waals surface area contributed by atoms with Crippen LogP contribution in [0.3, 0.4) is 0 Å². The summed E-state index contributed by atoms with van der Waals surface area (Å²) >= 11 is 0. The molecule has 0 bridgehead atoms. The highest BCUT2D eigenvalue weighted by molar-refractivity contribution is 5.88. The first-order valence-electron chi connectivity index (χ1n) is 19.4. The Labute approximate surface area is 336 Å². The Balaban J connectivity index is 1.02. The SMILES string of the molecule is Cc1ccc(-c2nc(-c3ccccc3)nc(-c3cccc(Cc4cccc(-c5nc(-c6ccc7ccccc7c6)nc(-c6ccc7ccccc7c6)n5)c4)c3)n2)cc1. The van der Waals surface area contributed by atoms with Gasteiger partial charge >= 0.3 is 0 Å². The molecule has 10 rings (SSSR count). The molecule has 6 nitrogen and oxygen atoms in total. The van der Waals surface area contributed by atoms with Crippen molar-refractivity contribution >= 4 is 21.5 Å². The van der Waals surface area contributed by atoms with Crippen LogP contribution in [-0.4, -0.2) is 29.9 Å². The Hall–Kier alpha value is -7.70. The van der Waals surface area contributed by atoms with E-state index in [9.17, 15) is 0 Å². The zero-order valence-corrected chi connectivity index (χ0v) is 31.8. The van der Waals surface area contributed by atoms with Crippen molar-refractivity contribution in [3.8, 4) is 68.3 Å². The molecule has 0 unspecified atom stereocenters. The van der Waals surface area contributed by atoms with Gasteiger partial charge in [-0.05, 0) is 70.3 Å². The maximum atomic E-state index is 5.10. The highest BCUT2D eigenvalue weighted by atomic mass is 15.0. The van der Waals surface area contributed by atoms with Gasteiger partial charge in [0.2, 0.25) is 0 Å². The molecule has 0 aliphatic rings. The fourth-order valence-electron chi connectivity index (χ4n) is 7.35. The third kappa shape index (κ3) is 7.22. The van der Waals surface area contributed by atoms with Crippen molar-refractivity contribution < 1.29 is 0 Å². The van der Waals surface area contributed by atoms with E-state index in [1.54, 1.807) is 0 Å². The Morgan fingerprint density at radius 1 is 0.276 bits per heavy atom. The average molecular weight is 745 g/mol. The van der Waals surface area contributed by atoms with Gasteiger partial charge in [-0.25, -0.2) is 29.9 Å². The summed E-state index contributed by atoms with van der Waals surface area (Å²) in [6.45, 7) is 2.08. The molecule has 0 aliphatic heterocycles. The van der Waals surface area contributed by atoms with Gasteiger partial charge in [0.25, 0.3) is 0 Å². The fraction of sp³-hybridized carbons (Fsp3) is 0.0385. The second-order valence-electron chi connectivity index (χ2n) is 14.5. The van der Waals surface area contributed by atoms with Crippen LogP contribution in [0.15, 0.2) is 188 Å². The molecule has 6 heteroatoms. The minimum atomic E-state index is 0.624. The van der Waals surface area contributed by atoms with Crippen LogP contribution in [0, 0.1) is 6.92 Å². The summed E-state index contributed by atoms with van der Waals surface area (Å²) in [6, 6.07) is 64.8. The van der Waals surface area contributed by atoms with Crippen LogP contribution in [-0.2, 0) is 6.42 Å². The van der Waals surface area contributed by atoms with E-state index in [0.29, 0.717) is 41.4 Å². The normalized spacial score (nSPS) is 11.3. The maximum Gasteiger partial charge on any atom is 0.164 e. The van der Waals surface area contributed by atoms with Crippen molar-refractivity contribution in [2.75, 3.05) is 0 Å². The van der Waals surface area contributed by atoms with Gasteiger partial charge in [-0.1, -0.05) is 169 Å². The van der Waals surface area contributed by atoms with Crippen LogP contribution in [0.2, 0.25) is 0 Å². The summed E-state index contributed by atoms with van der Waals surface area (Å²) in [7, 11) is 0. The first-order valence-corrected chi connectivity index (χ1v) is 19.4. The molecule has 10 aromatic rings. The van der Waals surface area contributed by atoms with E-state index in [-0.39, 0.29) is 0 Å². The molecule has 2 heterocycles. The van der Waals surface area contributed by atoms with Gasteiger partial charge in [0.15, 0.2) is 34.9 Å². The molecule has 0 spiro atoms. The molecule has 274 valence electrons. The Morgan fingerprint density at radius 3 is 1.09 bits per heavy atom. The number of fused-ring (bicyclic) bond motifs is 2.